The largest absolute Gasteiger partial charge is 0.322 e. The van der Waals surface area contributed by atoms with Gasteiger partial charge in [-0.3, -0.25) is 19.7 Å². The number of carbonyl (C=O) groups is 1. The first-order chi connectivity index (χ1) is 14.4. The van der Waals surface area contributed by atoms with Crippen LogP contribution in [0, 0.1) is 10.1 Å². The molecule has 0 bridgehead atoms. The van der Waals surface area contributed by atoms with Crippen molar-refractivity contribution in [2.75, 3.05) is 5.32 Å². The first-order valence-corrected chi connectivity index (χ1v) is 10.2. The minimum atomic E-state index is -0.587. The number of hydrogen-bond donors (Lipinski definition) is 1. The number of pyridine rings is 1. The van der Waals surface area contributed by atoms with E-state index in [1.165, 1.54) is 12.1 Å². The molecule has 3 rings (SSSR count). The number of hydrogen-bond acceptors (Lipinski definition) is 4. The first-order valence-electron chi connectivity index (χ1n) is 9.79. The maximum atomic E-state index is 12.7. The van der Waals surface area contributed by atoms with Crippen LogP contribution >= 0.6 is 11.6 Å². The number of rotatable bonds is 8. The lowest BCUT2D eigenvalue weighted by Gasteiger charge is -2.10. The quantitative estimate of drug-likeness (QED) is 0.296. The summed E-state index contributed by atoms with van der Waals surface area (Å²) in [5.74, 6) is -0.563. The van der Waals surface area contributed by atoms with Crippen LogP contribution in [0.4, 0.5) is 11.4 Å². The minimum Gasteiger partial charge on any atom is -0.322 e. The smallest absolute Gasteiger partial charge is 0.270 e. The number of anilines is 1. The van der Waals surface area contributed by atoms with Crippen molar-refractivity contribution in [3.63, 3.8) is 0 Å². The molecule has 0 saturated carbocycles. The van der Waals surface area contributed by atoms with Crippen molar-refractivity contribution in [1.29, 1.82) is 0 Å². The van der Waals surface area contributed by atoms with Crippen molar-refractivity contribution in [3.8, 4) is 0 Å². The van der Waals surface area contributed by atoms with Crippen molar-refractivity contribution in [1.82, 2.24) is 4.57 Å². The number of nitrogens with zero attached hydrogens (tertiary/aromatic N) is 2. The molecule has 0 atom stereocenters. The molecule has 1 aromatic heterocycles. The maximum absolute atomic E-state index is 12.7. The van der Waals surface area contributed by atoms with Crippen molar-refractivity contribution in [3.05, 3.63) is 79.7 Å². The van der Waals surface area contributed by atoms with E-state index >= 15 is 0 Å². The minimum absolute atomic E-state index is 0.00783. The second-order valence-corrected chi connectivity index (χ2v) is 7.46. The van der Waals surface area contributed by atoms with Crippen LogP contribution in [-0.4, -0.2) is 15.4 Å². The van der Waals surface area contributed by atoms with E-state index in [0.717, 1.165) is 31.7 Å². The molecular weight excluding hydrogens is 406 g/mol. The van der Waals surface area contributed by atoms with Crippen LogP contribution in [0.25, 0.3) is 10.8 Å². The molecule has 0 fully saturated rings. The number of nitro groups is 1. The number of fused-ring (bicyclic) bond motifs is 1. The van der Waals surface area contributed by atoms with E-state index in [0.29, 0.717) is 23.0 Å². The van der Waals surface area contributed by atoms with Crippen molar-refractivity contribution < 1.29 is 9.72 Å². The van der Waals surface area contributed by atoms with Gasteiger partial charge in [0.2, 0.25) is 0 Å². The molecule has 0 unspecified atom stereocenters. The predicted octanol–water partition coefficient (Wildman–Crippen LogP) is 5.40. The van der Waals surface area contributed by atoms with E-state index in [1.807, 2.05) is 6.07 Å². The zero-order valence-electron chi connectivity index (χ0n) is 16.6. The summed E-state index contributed by atoms with van der Waals surface area (Å²) in [7, 11) is 0. The van der Waals surface area contributed by atoms with Crippen molar-refractivity contribution in [2.45, 2.75) is 39.2 Å². The maximum Gasteiger partial charge on any atom is 0.270 e. The number of non-ortho nitro benzene ring substituents is 1. The van der Waals surface area contributed by atoms with Crippen LogP contribution in [0.1, 0.15) is 43.0 Å². The number of carbonyl (C=O) groups excluding carboxylic acids is 1. The first kappa shape index (κ1) is 21.5. The molecule has 3 aromatic rings. The van der Waals surface area contributed by atoms with Gasteiger partial charge in [0, 0.05) is 35.9 Å². The summed E-state index contributed by atoms with van der Waals surface area (Å²) in [5.41, 5.74) is 0.190. The number of amides is 1. The molecule has 0 radical (unpaired) electrons. The Balaban J connectivity index is 1.81. The van der Waals surface area contributed by atoms with E-state index in [1.54, 1.807) is 29.0 Å². The van der Waals surface area contributed by atoms with Gasteiger partial charge in [-0.05, 0) is 42.1 Å². The zero-order chi connectivity index (χ0) is 21.7. The van der Waals surface area contributed by atoms with Gasteiger partial charge in [-0.1, -0.05) is 37.8 Å². The van der Waals surface area contributed by atoms with Crippen LogP contribution in [0.2, 0.25) is 5.02 Å². The predicted molar refractivity (Wildman–Crippen MR) is 118 cm³/mol. The molecule has 156 valence electrons. The van der Waals surface area contributed by atoms with Crippen molar-refractivity contribution in [2.24, 2.45) is 0 Å². The Hall–Kier alpha value is -3.19. The topological polar surface area (TPSA) is 94.2 Å². The monoisotopic (exact) mass is 427 g/mol. The van der Waals surface area contributed by atoms with Crippen LogP contribution in [0.15, 0.2) is 53.5 Å². The molecule has 1 heterocycles. The summed E-state index contributed by atoms with van der Waals surface area (Å²) in [5, 5.41) is 15.0. The summed E-state index contributed by atoms with van der Waals surface area (Å²) in [6.07, 6.45) is 6.10. The lowest BCUT2D eigenvalue weighted by atomic mass is 10.1. The Morgan fingerprint density at radius 2 is 1.93 bits per heavy atom. The molecule has 1 amide bonds. The Morgan fingerprint density at radius 3 is 2.67 bits per heavy atom. The molecule has 1 N–H and O–H groups in total. The highest BCUT2D eigenvalue weighted by Gasteiger charge is 2.16. The lowest BCUT2D eigenvalue weighted by Crippen LogP contribution is -2.19. The normalized spacial score (nSPS) is 10.9. The van der Waals surface area contributed by atoms with Crippen molar-refractivity contribution >= 4 is 39.7 Å². The molecule has 2 aromatic carbocycles. The average Bonchev–Trinajstić information content (AvgIpc) is 2.72. The fraction of sp³-hybridized carbons (Fsp3) is 0.273. The third-order valence-electron chi connectivity index (χ3n) is 4.89. The van der Waals surface area contributed by atoms with Crippen LogP contribution in [0.3, 0.4) is 0 Å². The highest BCUT2D eigenvalue weighted by molar-refractivity contribution is 6.34. The van der Waals surface area contributed by atoms with E-state index < -0.39 is 10.8 Å². The molecule has 8 heteroatoms. The number of nitrogens with one attached hydrogen (secondary N) is 1. The van der Waals surface area contributed by atoms with Gasteiger partial charge in [-0.2, -0.15) is 0 Å². The van der Waals surface area contributed by atoms with Crippen LogP contribution in [0.5, 0.6) is 0 Å². The van der Waals surface area contributed by atoms with Crippen LogP contribution < -0.4 is 10.9 Å². The standard InChI is InChI=1S/C22H22ClN3O4/c1-2-3-4-5-11-25-12-10-15-13-16(6-8-18(15)22(25)28)24-21(27)19-14-17(26(29)30)7-9-20(19)23/h6-10,12-14H,2-5,11H2,1H3,(H,24,27). The Bertz CT molecular complexity index is 1160. The van der Waals surface area contributed by atoms with E-state index in [2.05, 4.69) is 12.2 Å². The Labute approximate surface area is 178 Å². The fourth-order valence-corrected chi connectivity index (χ4v) is 3.45. The van der Waals surface area contributed by atoms with Gasteiger partial charge in [0.15, 0.2) is 0 Å². The molecule has 7 nitrogen and oxygen atoms in total. The Morgan fingerprint density at radius 1 is 1.13 bits per heavy atom. The summed E-state index contributed by atoms with van der Waals surface area (Å²) in [6, 6.07) is 10.5. The molecule has 0 spiro atoms. The lowest BCUT2D eigenvalue weighted by molar-refractivity contribution is -0.384. The van der Waals surface area contributed by atoms with Gasteiger partial charge in [-0.15, -0.1) is 0 Å². The molecule has 0 aliphatic carbocycles. The summed E-state index contributed by atoms with van der Waals surface area (Å²) in [4.78, 5) is 35.6. The second-order valence-electron chi connectivity index (χ2n) is 7.05. The SMILES string of the molecule is CCCCCCn1ccc2cc(NC(=O)c3cc([N+](=O)[O-])ccc3Cl)ccc2c1=O. The summed E-state index contributed by atoms with van der Waals surface area (Å²) < 4.78 is 1.71. The van der Waals surface area contributed by atoms with E-state index in [9.17, 15) is 19.7 Å². The number of halogens is 1. The van der Waals surface area contributed by atoms with Gasteiger partial charge >= 0.3 is 0 Å². The number of aryl methyl sites for hydroxylation is 1. The van der Waals surface area contributed by atoms with Gasteiger partial charge in [-0.25, -0.2) is 0 Å². The number of nitro benzene ring substituents is 1. The van der Waals surface area contributed by atoms with Gasteiger partial charge in [0.25, 0.3) is 17.2 Å². The van der Waals surface area contributed by atoms with Gasteiger partial charge in [0.05, 0.1) is 15.5 Å². The summed E-state index contributed by atoms with van der Waals surface area (Å²) >= 11 is 6.03. The molecule has 0 saturated heterocycles. The summed E-state index contributed by atoms with van der Waals surface area (Å²) in [6.45, 7) is 2.82. The van der Waals surface area contributed by atoms with E-state index in [-0.39, 0.29) is 21.8 Å². The highest BCUT2D eigenvalue weighted by Crippen LogP contribution is 2.24. The van der Waals surface area contributed by atoms with E-state index in [4.69, 9.17) is 11.6 Å². The third kappa shape index (κ3) is 4.86. The highest BCUT2D eigenvalue weighted by atomic mass is 35.5. The molecule has 0 aliphatic rings. The van der Waals surface area contributed by atoms with Gasteiger partial charge < -0.3 is 9.88 Å². The second kappa shape index (κ2) is 9.54. The fourth-order valence-electron chi connectivity index (χ4n) is 3.25. The Kier molecular flexibility index (Phi) is 6.84. The van der Waals surface area contributed by atoms with Crippen LogP contribution in [-0.2, 0) is 6.54 Å². The average molecular weight is 428 g/mol. The van der Waals surface area contributed by atoms with Gasteiger partial charge in [0.1, 0.15) is 0 Å². The third-order valence-corrected chi connectivity index (χ3v) is 5.22. The number of aromatic nitrogens is 1. The molecular formula is C22H22ClN3O4. The zero-order valence-corrected chi connectivity index (χ0v) is 17.3. The number of unbranched alkanes of at least 4 members (excludes halogenated alkanes) is 3. The number of benzene rings is 2. The molecule has 30 heavy (non-hydrogen) atoms. The molecule has 0 aliphatic heterocycles.